The van der Waals surface area contributed by atoms with E-state index < -0.39 is 0 Å². The van der Waals surface area contributed by atoms with Crippen molar-refractivity contribution in [1.82, 2.24) is 19.9 Å². The van der Waals surface area contributed by atoms with Crippen LogP contribution >= 0.6 is 12.2 Å². The Bertz CT molecular complexity index is 1660. The van der Waals surface area contributed by atoms with Gasteiger partial charge < -0.3 is 19.5 Å². The fraction of sp³-hybridized carbons (Fsp3) is 0.182. The minimum absolute atomic E-state index is 0.115. The van der Waals surface area contributed by atoms with Gasteiger partial charge in [0.2, 0.25) is 0 Å². The first-order valence-corrected chi connectivity index (χ1v) is 13.8. The summed E-state index contributed by atoms with van der Waals surface area (Å²) >= 11 is 5.96. The van der Waals surface area contributed by atoms with Crippen molar-refractivity contribution in [2.45, 2.75) is 39.8 Å². The van der Waals surface area contributed by atoms with Crippen LogP contribution in [-0.2, 0) is 0 Å². The highest BCUT2D eigenvalue weighted by Crippen LogP contribution is 2.44. The molecule has 2 atom stereocenters. The Morgan fingerprint density at radius 1 is 0.775 bits per heavy atom. The summed E-state index contributed by atoms with van der Waals surface area (Å²) in [6.45, 7) is 8.43. The molecule has 5 aromatic rings. The molecule has 2 aromatic carbocycles. The van der Waals surface area contributed by atoms with Crippen LogP contribution in [0.5, 0.6) is 11.5 Å². The number of thiocarbonyl (C=S) groups is 1. The number of anilines is 1. The van der Waals surface area contributed by atoms with Crippen LogP contribution in [0.4, 0.5) is 5.69 Å². The predicted molar refractivity (Wildman–Crippen MR) is 163 cm³/mol. The van der Waals surface area contributed by atoms with Crippen molar-refractivity contribution in [2.24, 2.45) is 0 Å². The number of pyridine rings is 2. The van der Waals surface area contributed by atoms with Gasteiger partial charge in [0.15, 0.2) is 5.11 Å². The van der Waals surface area contributed by atoms with E-state index in [1.807, 2.05) is 67.0 Å². The van der Waals surface area contributed by atoms with Gasteiger partial charge in [0, 0.05) is 29.5 Å². The van der Waals surface area contributed by atoms with Crippen molar-refractivity contribution in [1.29, 1.82) is 0 Å². The monoisotopic (exact) mass is 545 g/mol. The van der Waals surface area contributed by atoms with E-state index in [1.165, 1.54) is 16.7 Å². The van der Waals surface area contributed by atoms with Crippen molar-refractivity contribution < 1.29 is 4.74 Å². The second kappa shape index (κ2) is 10.6. The van der Waals surface area contributed by atoms with Gasteiger partial charge in [0.05, 0.1) is 17.8 Å². The molecule has 1 N–H and O–H groups in total. The molecule has 40 heavy (non-hydrogen) atoms. The van der Waals surface area contributed by atoms with Gasteiger partial charge in [-0.1, -0.05) is 23.8 Å². The molecule has 0 aliphatic carbocycles. The molecule has 1 aliphatic heterocycles. The van der Waals surface area contributed by atoms with E-state index in [-0.39, 0.29) is 12.1 Å². The average molecular weight is 546 g/mol. The van der Waals surface area contributed by atoms with E-state index in [1.54, 1.807) is 0 Å². The summed E-state index contributed by atoms with van der Waals surface area (Å²) in [7, 11) is 0. The lowest BCUT2D eigenvalue weighted by atomic mass is 9.96. The van der Waals surface area contributed by atoms with Crippen molar-refractivity contribution in [2.75, 3.05) is 4.90 Å². The first-order valence-electron chi connectivity index (χ1n) is 13.4. The van der Waals surface area contributed by atoms with Gasteiger partial charge in [-0.05, 0) is 118 Å². The highest BCUT2D eigenvalue weighted by Gasteiger charge is 2.42. The molecule has 0 amide bonds. The normalized spacial score (nSPS) is 16.7. The molecule has 1 fully saturated rings. The maximum Gasteiger partial charge on any atom is 0.174 e. The molecule has 0 bridgehead atoms. The Kier molecular flexibility index (Phi) is 6.82. The molecule has 0 saturated carbocycles. The number of hydrogen-bond donors (Lipinski definition) is 1. The van der Waals surface area contributed by atoms with Crippen molar-refractivity contribution >= 4 is 23.0 Å². The Morgan fingerprint density at radius 3 is 2.17 bits per heavy atom. The second-order valence-corrected chi connectivity index (χ2v) is 10.6. The van der Waals surface area contributed by atoms with Crippen LogP contribution in [0.3, 0.4) is 0 Å². The third-order valence-electron chi connectivity index (χ3n) is 7.39. The van der Waals surface area contributed by atoms with Crippen LogP contribution in [-0.4, -0.2) is 19.6 Å². The lowest BCUT2D eigenvalue weighted by Crippen LogP contribution is -2.29. The first-order chi connectivity index (χ1) is 19.4. The fourth-order valence-electron chi connectivity index (χ4n) is 5.45. The maximum atomic E-state index is 6.09. The molecule has 1 aliphatic rings. The molecule has 7 heteroatoms. The highest BCUT2D eigenvalue weighted by atomic mass is 32.1. The summed E-state index contributed by atoms with van der Waals surface area (Å²) in [5.41, 5.74) is 7.70. The molecule has 6 rings (SSSR count). The van der Waals surface area contributed by atoms with Crippen molar-refractivity contribution in [3.05, 3.63) is 131 Å². The van der Waals surface area contributed by atoms with E-state index in [2.05, 4.69) is 77.8 Å². The molecule has 4 heterocycles. The lowest BCUT2D eigenvalue weighted by molar-refractivity contribution is 0.482. The largest absolute Gasteiger partial charge is 0.457 e. The standard InChI is InChI=1S/C33H31N5OS/c1-21-8-12-26(13-9-21)39-27-14-10-25(11-15-27)38-32(31(36-33(38)40)29-7-5-6-17-34-29)28-20-23(3)37(24(28)4)30-19-22(2)16-18-35-30/h5-20,31-32H,1-4H3,(H,36,40). The van der Waals surface area contributed by atoms with Gasteiger partial charge in [0.25, 0.3) is 0 Å². The van der Waals surface area contributed by atoms with Crippen LogP contribution in [0.2, 0.25) is 0 Å². The van der Waals surface area contributed by atoms with E-state index in [4.69, 9.17) is 21.9 Å². The fourth-order valence-corrected chi connectivity index (χ4v) is 5.79. The number of benzene rings is 2. The zero-order valence-corrected chi connectivity index (χ0v) is 23.8. The summed E-state index contributed by atoms with van der Waals surface area (Å²) in [4.78, 5) is 11.6. The molecular formula is C33H31N5OS. The van der Waals surface area contributed by atoms with Gasteiger partial charge in [-0.15, -0.1) is 0 Å². The molecule has 0 radical (unpaired) electrons. The van der Waals surface area contributed by atoms with Gasteiger partial charge in [-0.2, -0.15) is 0 Å². The minimum Gasteiger partial charge on any atom is -0.457 e. The topological polar surface area (TPSA) is 55.2 Å². The number of aryl methyl sites for hydroxylation is 3. The Balaban J connectivity index is 1.41. The molecule has 200 valence electrons. The van der Waals surface area contributed by atoms with Gasteiger partial charge in [-0.25, -0.2) is 4.98 Å². The minimum atomic E-state index is -0.128. The van der Waals surface area contributed by atoms with E-state index in [0.717, 1.165) is 40.1 Å². The number of hydrogen-bond acceptors (Lipinski definition) is 4. The molecule has 2 unspecified atom stereocenters. The van der Waals surface area contributed by atoms with E-state index in [9.17, 15) is 0 Å². The molecule has 0 spiro atoms. The van der Waals surface area contributed by atoms with Crippen molar-refractivity contribution in [3.8, 4) is 17.3 Å². The highest BCUT2D eigenvalue weighted by molar-refractivity contribution is 7.80. The molecule has 3 aromatic heterocycles. The Hall–Kier alpha value is -4.49. The van der Waals surface area contributed by atoms with Crippen LogP contribution in [0.15, 0.2) is 97.3 Å². The van der Waals surface area contributed by atoms with Crippen LogP contribution in [0.25, 0.3) is 5.82 Å². The smallest absolute Gasteiger partial charge is 0.174 e. The van der Waals surface area contributed by atoms with Crippen LogP contribution in [0.1, 0.15) is 45.9 Å². The number of nitrogens with zero attached hydrogens (tertiary/aromatic N) is 4. The summed E-state index contributed by atoms with van der Waals surface area (Å²) in [6.07, 6.45) is 3.69. The summed E-state index contributed by atoms with van der Waals surface area (Å²) < 4.78 is 8.31. The second-order valence-electron chi connectivity index (χ2n) is 10.3. The van der Waals surface area contributed by atoms with Gasteiger partial charge in [0.1, 0.15) is 17.3 Å². The van der Waals surface area contributed by atoms with Gasteiger partial charge in [-0.3, -0.25) is 4.98 Å². The number of nitrogens with one attached hydrogen (secondary N) is 1. The number of aromatic nitrogens is 3. The van der Waals surface area contributed by atoms with Crippen LogP contribution < -0.4 is 15.0 Å². The number of rotatable bonds is 6. The maximum absolute atomic E-state index is 6.09. The van der Waals surface area contributed by atoms with E-state index >= 15 is 0 Å². The third-order valence-corrected chi connectivity index (χ3v) is 7.70. The first kappa shape index (κ1) is 25.8. The molecular weight excluding hydrogens is 514 g/mol. The number of ether oxygens (including phenoxy) is 1. The lowest BCUT2D eigenvalue weighted by Gasteiger charge is -2.28. The third kappa shape index (κ3) is 4.84. The quantitative estimate of drug-likeness (QED) is 0.223. The SMILES string of the molecule is Cc1ccc(Oc2ccc(N3C(=S)NC(c4ccccn4)C3c3cc(C)n(-c4cc(C)ccn4)c3C)cc2)cc1. The summed E-state index contributed by atoms with van der Waals surface area (Å²) in [5.74, 6) is 2.49. The average Bonchev–Trinajstić information content (AvgIpc) is 3.45. The molecule has 6 nitrogen and oxygen atoms in total. The van der Waals surface area contributed by atoms with Crippen molar-refractivity contribution in [3.63, 3.8) is 0 Å². The van der Waals surface area contributed by atoms with E-state index in [0.29, 0.717) is 5.11 Å². The predicted octanol–water partition coefficient (Wildman–Crippen LogP) is 7.47. The Labute approximate surface area is 240 Å². The Morgan fingerprint density at radius 2 is 1.50 bits per heavy atom. The summed E-state index contributed by atoms with van der Waals surface area (Å²) in [5, 5.41) is 4.23. The zero-order chi connectivity index (χ0) is 27.8. The van der Waals surface area contributed by atoms with Gasteiger partial charge >= 0.3 is 0 Å². The zero-order valence-electron chi connectivity index (χ0n) is 23.0. The van der Waals surface area contributed by atoms with Crippen LogP contribution in [0, 0.1) is 27.7 Å². The summed E-state index contributed by atoms with van der Waals surface area (Å²) in [6, 6.07) is 28.3. The molecule has 1 saturated heterocycles.